The van der Waals surface area contributed by atoms with Crippen molar-refractivity contribution in [3.05, 3.63) is 29.6 Å². The largest absolute Gasteiger partial charge is 0.340 e. The molecule has 0 saturated carbocycles. The first kappa shape index (κ1) is 16.9. The van der Waals surface area contributed by atoms with E-state index in [9.17, 15) is 17.6 Å². The molecule has 1 fully saturated rings. The molecule has 7 heteroatoms. The minimum Gasteiger partial charge on any atom is -0.340 e. The highest BCUT2D eigenvalue weighted by Gasteiger charge is 2.32. The average molecular weight is 328 g/mol. The molecule has 1 aromatic rings. The van der Waals surface area contributed by atoms with Crippen LogP contribution in [0.4, 0.5) is 4.39 Å². The smallest absolute Gasteiger partial charge is 0.240 e. The first-order valence-corrected chi connectivity index (χ1v) is 8.74. The Kier molecular flexibility index (Phi) is 4.87. The van der Waals surface area contributed by atoms with E-state index in [-0.39, 0.29) is 29.3 Å². The van der Waals surface area contributed by atoms with Crippen LogP contribution in [0.1, 0.15) is 25.8 Å². The standard InChI is InChI=1S/C15H21FN2O3S/c1-10(2)18-9-12(7-15(18)19)8-17-22(20,21)14-5-4-13(16)6-11(14)3/h4-6,10,12,17H,7-9H2,1-3H3. The van der Waals surface area contributed by atoms with Gasteiger partial charge in [0.15, 0.2) is 0 Å². The fraction of sp³-hybridized carbons (Fsp3) is 0.533. The number of sulfonamides is 1. The van der Waals surface area contributed by atoms with E-state index in [1.165, 1.54) is 12.1 Å². The van der Waals surface area contributed by atoms with Crippen LogP contribution in [0, 0.1) is 18.7 Å². The van der Waals surface area contributed by atoms with Crippen molar-refractivity contribution < 1.29 is 17.6 Å². The zero-order valence-corrected chi connectivity index (χ0v) is 13.8. The topological polar surface area (TPSA) is 66.5 Å². The molecule has 1 amide bonds. The Labute approximate surface area is 130 Å². The number of hydrogen-bond donors (Lipinski definition) is 1. The summed E-state index contributed by atoms with van der Waals surface area (Å²) >= 11 is 0. The quantitative estimate of drug-likeness (QED) is 0.894. The second-order valence-corrected chi connectivity index (χ2v) is 7.71. The van der Waals surface area contributed by atoms with Gasteiger partial charge in [0.25, 0.3) is 0 Å². The van der Waals surface area contributed by atoms with E-state index in [2.05, 4.69) is 4.72 Å². The molecule has 0 aliphatic carbocycles. The predicted molar refractivity (Wildman–Crippen MR) is 81.3 cm³/mol. The fourth-order valence-electron chi connectivity index (χ4n) is 2.66. The third-order valence-electron chi connectivity index (χ3n) is 3.85. The Balaban J connectivity index is 2.03. The van der Waals surface area contributed by atoms with Crippen molar-refractivity contribution in [3.8, 4) is 0 Å². The van der Waals surface area contributed by atoms with E-state index in [4.69, 9.17) is 0 Å². The van der Waals surface area contributed by atoms with Gasteiger partial charge in [-0.2, -0.15) is 0 Å². The van der Waals surface area contributed by atoms with Crippen molar-refractivity contribution in [2.75, 3.05) is 13.1 Å². The Morgan fingerprint density at radius 2 is 2.09 bits per heavy atom. The van der Waals surface area contributed by atoms with Gasteiger partial charge in [-0.25, -0.2) is 17.5 Å². The number of nitrogens with zero attached hydrogens (tertiary/aromatic N) is 1. The molecule has 0 radical (unpaired) electrons. The maximum Gasteiger partial charge on any atom is 0.240 e. The van der Waals surface area contributed by atoms with Crippen molar-refractivity contribution in [2.45, 2.75) is 38.1 Å². The Hall–Kier alpha value is -1.47. The van der Waals surface area contributed by atoms with Crippen LogP contribution in [0.25, 0.3) is 0 Å². The number of benzene rings is 1. The Morgan fingerprint density at radius 1 is 1.41 bits per heavy atom. The maximum absolute atomic E-state index is 13.1. The number of halogens is 1. The number of carbonyl (C=O) groups is 1. The summed E-state index contributed by atoms with van der Waals surface area (Å²) in [6.45, 7) is 6.19. The summed E-state index contributed by atoms with van der Waals surface area (Å²) in [5.41, 5.74) is 0.360. The van der Waals surface area contributed by atoms with E-state index < -0.39 is 15.8 Å². The van der Waals surface area contributed by atoms with Crippen LogP contribution < -0.4 is 4.72 Å². The van der Waals surface area contributed by atoms with Crippen LogP contribution in [0.3, 0.4) is 0 Å². The van der Waals surface area contributed by atoms with Crippen LogP contribution in [0.15, 0.2) is 23.1 Å². The van der Waals surface area contributed by atoms with Crippen molar-refractivity contribution in [1.29, 1.82) is 0 Å². The number of nitrogens with one attached hydrogen (secondary N) is 1. The minimum atomic E-state index is -3.70. The van der Waals surface area contributed by atoms with Crippen LogP contribution >= 0.6 is 0 Å². The number of rotatable bonds is 5. The number of likely N-dealkylation sites (tertiary alicyclic amines) is 1. The average Bonchev–Trinajstić information content (AvgIpc) is 2.77. The van der Waals surface area contributed by atoms with E-state index in [0.29, 0.717) is 18.5 Å². The highest BCUT2D eigenvalue weighted by Crippen LogP contribution is 2.21. The lowest BCUT2D eigenvalue weighted by Crippen LogP contribution is -2.34. The summed E-state index contributed by atoms with van der Waals surface area (Å²) in [4.78, 5) is 13.6. The van der Waals surface area contributed by atoms with Crippen LogP contribution in [-0.4, -0.2) is 38.4 Å². The number of carbonyl (C=O) groups excluding carboxylic acids is 1. The van der Waals surface area contributed by atoms with Crippen molar-refractivity contribution >= 4 is 15.9 Å². The molecule has 122 valence electrons. The fourth-order valence-corrected chi connectivity index (χ4v) is 4.00. The molecule has 22 heavy (non-hydrogen) atoms. The van der Waals surface area contributed by atoms with Gasteiger partial charge < -0.3 is 4.90 Å². The molecule has 0 bridgehead atoms. The zero-order valence-electron chi connectivity index (χ0n) is 13.0. The normalized spacial score (nSPS) is 19.2. The summed E-state index contributed by atoms with van der Waals surface area (Å²) in [6, 6.07) is 3.69. The summed E-state index contributed by atoms with van der Waals surface area (Å²) in [5, 5.41) is 0. The summed E-state index contributed by atoms with van der Waals surface area (Å²) in [7, 11) is -3.70. The molecule has 2 rings (SSSR count). The molecule has 1 N–H and O–H groups in total. The molecule has 0 aromatic heterocycles. The van der Waals surface area contributed by atoms with Gasteiger partial charge in [-0.1, -0.05) is 0 Å². The lowest BCUT2D eigenvalue weighted by Gasteiger charge is -2.21. The summed E-state index contributed by atoms with van der Waals surface area (Å²) in [6.07, 6.45) is 0.350. The Morgan fingerprint density at radius 3 is 2.64 bits per heavy atom. The number of hydrogen-bond acceptors (Lipinski definition) is 3. The van der Waals surface area contributed by atoms with E-state index in [1.54, 1.807) is 11.8 Å². The number of aryl methyl sites for hydroxylation is 1. The van der Waals surface area contributed by atoms with E-state index in [0.717, 1.165) is 6.07 Å². The number of amides is 1. The third-order valence-corrected chi connectivity index (χ3v) is 5.43. The van der Waals surface area contributed by atoms with Gasteiger partial charge in [-0.15, -0.1) is 0 Å². The van der Waals surface area contributed by atoms with Gasteiger partial charge in [0, 0.05) is 25.6 Å². The minimum absolute atomic E-state index is 0.0366. The lowest BCUT2D eigenvalue weighted by molar-refractivity contribution is -0.129. The van der Waals surface area contributed by atoms with Gasteiger partial charge >= 0.3 is 0 Å². The molecule has 1 saturated heterocycles. The van der Waals surface area contributed by atoms with Gasteiger partial charge in [0.05, 0.1) is 4.90 Å². The monoisotopic (exact) mass is 328 g/mol. The van der Waals surface area contributed by atoms with Crippen molar-refractivity contribution in [3.63, 3.8) is 0 Å². The summed E-state index contributed by atoms with van der Waals surface area (Å²) < 4.78 is 40.2. The van der Waals surface area contributed by atoms with Crippen LogP contribution in [0.2, 0.25) is 0 Å². The molecule has 1 aromatic carbocycles. The van der Waals surface area contributed by atoms with Crippen molar-refractivity contribution in [2.24, 2.45) is 5.92 Å². The predicted octanol–water partition coefficient (Wildman–Crippen LogP) is 1.67. The van der Waals surface area contributed by atoms with Gasteiger partial charge in [0.1, 0.15) is 5.82 Å². The first-order chi connectivity index (χ1) is 10.2. The second-order valence-electron chi connectivity index (χ2n) is 5.97. The highest BCUT2D eigenvalue weighted by molar-refractivity contribution is 7.89. The van der Waals surface area contributed by atoms with Crippen LogP contribution in [-0.2, 0) is 14.8 Å². The molecule has 1 atom stereocenters. The SMILES string of the molecule is Cc1cc(F)ccc1S(=O)(=O)NCC1CC(=O)N(C(C)C)C1. The van der Waals surface area contributed by atoms with Crippen LogP contribution in [0.5, 0.6) is 0 Å². The lowest BCUT2D eigenvalue weighted by atomic mass is 10.1. The first-order valence-electron chi connectivity index (χ1n) is 7.26. The van der Waals surface area contributed by atoms with Crippen molar-refractivity contribution in [1.82, 2.24) is 9.62 Å². The second kappa shape index (κ2) is 6.34. The third kappa shape index (κ3) is 3.64. The van der Waals surface area contributed by atoms with Gasteiger partial charge in [-0.3, -0.25) is 4.79 Å². The molecular weight excluding hydrogens is 307 g/mol. The molecule has 1 heterocycles. The molecule has 1 aliphatic rings. The molecule has 1 aliphatic heterocycles. The molecule has 0 spiro atoms. The van der Waals surface area contributed by atoms with Gasteiger partial charge in [-0.05, 0) is 50.5 Å². The van der Waals surface area contributed by atoms with E-state index >= 15 is 0 Å². The zero-order chi connectivity index (χ0) is 16.5. The maximum atomic E-state index is 13.1. The molecule has 5 nitrogen and oxygen atoms in total. The Bertz CT molecular complexity index is 673. The molecule has 1 unspecified atom stereocenters. The van der Waals surface area contributed by atoms with Gasteiger partial charge in [0.2, 0.25) is 15.9 Å². The van der Waals surface area contributed by atoms with E-state index in [1.807, 2.05) is 13.8 Å². The summed E-state index contributed by atoms with van der Waals surface area (Å²) in [5.74, 6) is -0.451. The molecular formula is C15H21FN2O3S. The highest BCUT2D eigenvalue weighted by atomic mass is 32.2.